The van der Waals surface area contributed by atoms with Gasteiger partial charge in [0.2, 0.25) is 0 Å². The van der Waals surface area contributed by atoms with Crippen molar-refractivity contribution in [2.24, 2.45) is 0 Å². The first-order valence-electron chi connectivity index (χ1n) is 5.68. The van der Waals surface area contributed by atoms with Crippen molar-refractivity contribution >= 4 is 34.5 Å². The van der Waals surface area contributed by atoms with Gasteiger partial charge in [0, 0.05) is 10.4 Å². The molecule has 1 heterocycles. The summed E-state index contributed by atoms with van der Waals surface area (Å²) < 4.78 is 11.4. The number of rotatable bonds is 4. The number of hydrogen-bond acceptors (Lipinski definition) is 3. The fraction of sp³-hybridized carbons (Fsp3) is 0.286. The summed E-state index contributed by atoms with van der Waals surface area (Å²) in [4.78, 5) is 0.996. The predicted molar refractivity (Wildman–Crippen MR) is 81.3 cm³/mol. The van der Waals surface area contributed by atoms with E-state index >= 15 is 0 Å². The van der Waals surface area contributed by atoms with Crippen molar-refractivity contribution in [2.45, 2.75) is 12.3 Å². The van der Waals surface area contributed by atoms with Gasteiger partial charge in [0.05, 0.1) is 23.9 Å². The van der Waals surface area contributed by atoms with Crippen LogP contribution in [0.4, 0.5) is 0 Å². The Morgan fingerprint density at radius 2 is 1.89 bits per heavy atom. The van der Waals surface area contributed by atoms with E-state index in [-0.39, 0.29) is 5.38 Å². The molecule has 0 N–H and O–H groups in total. The Morgan fingerprint density at radius 1 is 1.16 bits per heavy atom. The van der Waals surface area contributed by atoms with E-state index in [1.807, 2.05) is 31.2 Å². The SMILES string of the molecule is COc1ccc(OC)c(C(Cl)c2cc(C)c(Cl)s2)c1. The first-order valence-corrected chi connectivity index (χ1v) is 7.31. The Hall–Kier alpha value is -0.900. The third kappa shape index (κ3) is 2.99. The molecule has 19 heavy (non-hydrogen) atoms. The fourth-order valence-electron chi connectivity index (χ4n) is 1.80. The Kier molecular flexibility index (Phi) is 4.61. The molecule has 5 heteroatoms. The second-order valence-electron chi connectivity index (χ2n) is 4.08. The molecule has 2 aromatic rings. The number of hydrogen-bond donors (Lipinski definition) is 0. The summed E-state index contributed by atoms with van der Waals surface area (Å²) in [6.45, 7) is 1.97. The van der Waals surface area contributed by atoms with Gasteiger partial charge >= 0.3 is 0 Å². The van der Waals surface area contributed by atoms with E-state index in [9.17, 15) is 0 Å². The van der Waals surface area contributed by atoms with Crippen LogP contribution in [0.15, 0.2) is 24.3 Å². The molecule has 0 saturated heterocycles. The van der Waals surface area contributed by atoms with Crippen LogP contribution < -0.4 is 9.47 Å². The maximum Gasteiger partial charge on any atom is 0.124 e. The van der Waals surface area contributed by atoms with Crippen LogP contribution in [0.25, 0.3) is 0 Å². The zero-order chi connectivity index (χ0) is 14.0. The number of alkyl halides is 1. The van der Waals surface area contributed by atoms with Crippen LogP contribution in [-0.2, 0) is 0 Å². The van der Waals surface area contributed by atoms with Gasteiger partial charge in [0.1, 0.15) is 11.5 Å². The lowest BCUT2D eigenvalue weighted by Crippen LogP contribution is -1.97. The Balaban J connectivity index is 2.44. The van der Waals surface area contributed by atoms with Crippen LogP contribution in [0, 0.1) is 6.92 Å². The number of aryl methyl sites for hydroxylation is 1. The summed E-state index contributed by atoms with van der Waals surface area (Å²) in [5.74, 6) is 1.49. The van der Waals surface area contributed by atoms with Gasteiger partial charge in [-0.25, -0.2) is 0 Å². The number of ether oxygens (including phenoxy) is 2. The van der Waals surface area contributed by atoms with Gasteiger partial charge in [-0.3, -0.25) is 0 Å². The van der Waals surface area contributed by atoms with Gasteiger partial charge in [-0.2, -0.15) is 0 Å². The van der Waals surface area contributed by atoms with Crippen LogP contribution in [0.1, 0.15) is 21.4 Å². The predicted octanol–water partition coefficient (Wildman–Crippen LogP) is 5.06. The highest BCUT2D eigenvalue weighted by Gasteiger charge is 2.19. The summed E-state index contributed by atoms with van der Waals surface area (Å²) in [5, 5.41) is -0.304. The summed E-state index contributed by atoms with van der Waals surface area (Å²) >= 11 is 14.1. The van der Waals surface area contributed by atoms with Crippen molar-refractivity contribution in [1.82, 2.24) is 0 Å². The van der Waals surface area contributed by atoms with Crippen molar-refractivity contribution in [3.05, 3.63) is 44.6 Å². The quantitative estimate of drug-likeness (QED) is 0.734. The van der Waals surface area contributed by atoms with E-state index in [0.717, 1.165) is 31.8 Å². The van der Waals surface area contributed by atoms with Gasteiger partial charge < -0.3 is 9.47 Å². The Labute approximate surface area is 126 Å². The second-order valence-corrected chi connectivity index (χ2v) is 6.20. The van der Waals surface area contributed by atoms with Crippen LogP contribution in [-0.4, -0.2) is 14.2 Å². The van der Waals surface area contributed by atoms with E-state index in [4.69, 9.17) is 32.7 Å². The highest BCUT2D eigenvalue weighted by atomic mass is 35.5. The molecular weight excluding hydrogens is 303 g/mol. The molecule has 0 aliphatic rings. The lowest BCUT2D eigenvalue weighted by Gasteiger charge is -2.14. The molecule has 0 radical (unpaired) electrons. The second kappa shape index (κ2) is 6.04. The molecule has 1 atom stereocenters. The van der Waals surface area contributed by atoms with E-state index in [2.05, 4.69) is 0 Å². The van der Waals surface area contributed by atoms with Gasteiger partial charge in [0.15, 0.2) is 0 Å². The molecular formula is C14H14Cl2O2S. The summed E-state index contributed by atoms with van der Waals surface area (Å²) in [7, 11) is 3.25. The van der Waals surface area contributed by atoms with E-state index in [1.165, 1.54) is 11.3 Å². The third-order valence-electron chi connectivity index (χ3n) is 2.84. The first kappa shape index (κ1) is 14.5. The molecule has 1 unspecified atom stereocenters. The number of benzene rings is 1. The molecule has 1 aromatic heterocycles. The van der Waals surface area contributed by atoms with Crippen molar-refractivity contribution in [3.63, 3.8) is 0 Å². The maximum absolute atomic E-state index is 6.55. The van der Waals surface area contributed by atoms with Gasteiger partial charge in [-0.1, -0.05) is 11.6 Å². The van der Waals surface area contributed by atoms with Crippen molar-refractivity contribution in [2.75, 3.05) is 14.2 Å². The standard InChI is InChI=1S/C14H14Cl2O2S/c1-8-6-12(19-14(8)16)13(15)10-7-9(17-2)4-5-11(10)18-3/h4-7,13H,1-3H3. The fourth-order valence-corrected chi connectivity index (χ4v) is 3.38. The first-order chi connectivity index (χ1) is 9.06. The molecule has 0 fully saturated rings. The monoisotopic (exact) mass is 316 g/mol. The lowest BCUT2D eigenvalue weighted by molar-refractivity contribution is 0.399. The molecule has 2 rings (SSSR count). The molecule has 0 spiro atoms. The molecule has 102 valence electrons. The Bertz CT molecular complexity index is 561. The molecule has 2 nitrogen and oxygen atoms in total. The average molecular weight is 317 g/mol. The van der Waals surface area contributed by atoms with Crippen LogP contribution in [0.2, 0.25) is 4.34 Å². The summed E-state index contributed by atoms with van der Waals surface area (Å²) in [5.41, 5.74) is 1.91. The lowest BCUT2D eigenvalue weighted by atomic mass is 10.1. The number of halogens is 2. The molecule has 0 amide bonds. The van der Waals surface area contributed by atoms with Crippen molar-refractivity contribution in [3.8, 4) is 11.5 Å². The minimum absolute atomic E-state index is 0.304. The molecule has 0 bridgehead atoms. The maximum atomic E-state index is 6.55. The zero-order valence-corrected chi connectivity index (χ0v) is 13.2. The van der Waals surface area contributed by atoms with E-state index < -0.39 is 0 Å². The molecule has 1 aromatic carbocycles. The van der Waals surface area contributed by atoms with Crippen molar-refractivity contribution in [1.29, 1.82) is 0 Å². The topological polar surface area (TPSA) is 18.5 Å². The smallest absolute Gasteiger partial charge is 0.124 e. The normalized spacial score (nSPS) is 12.3. The van der Waals surface area contributed by atoms with Gasteiger partial charge in [0.25, 0.3) is 0 Å². The third-order valence-corrected chi connectivity index (χ3v) is 5.06. The number of thiophene rings is 1. The van der Waals surface area contributed by atoms with Gasteiger partial charge in [-0.15, -0.1) is 22.9 Å². The van der Waals surface area contributed by atoms with Crippen LogP contribution in [0.3, 0.4) is 0 Å². The highest BCUT2D eigenvalue weighted by molar-refractivity contribution is 7.16. The largest absolute Gasteiger partial charge is 0.497 e. The molecule has 0 aliphatic carbocycles. The average Bonchev–Trinajstić information content (AvgIpc) is 2.77. The Morgan fingerprint density at radius 3 is 2.42 bits per heavy atom. The van der Waals surface area contributed by atoms with Crippen LogP contribution in [0.5, 0.6) is 11.5 Å². The summed E-state index contributed by atoms with van der Waals surface area (Å²) in [6.07, 6.45) is 0. The minimum Gasteiger partial charge on any atom is -0.497 e. The molecule has 0 saturated carbocycles. The van der Waals surface area contributed by atoms with Crippen molar-refractivity contribution < 1.29 is 9.47 Å². The van der Waals surface area contributed by atoms with Crippen LogP contribution >= 0.6 is 34.5 Å². The highest BCUT2D eigenvalue weighted by Crippen LogP contribution is 2.42. The number of methoxy groups -OCH3 is 2. The zero-order valence-electron chi connectivity index (χ0n) is 10.9. The summed E-state index contributed by atoms with van der Waals surface area (Å²) in [6, 6.07) is 7.59. The van der Waals surface area contributed by atoms with E-state index in [1.54, 1.807) is 14.2 Å². The molecule has 0 aliphatic heterocycles. The minimum atomic E-state index is -0.304. The van der Waals surface area contributed by atoms with Gasteiger partial charge in [-0.05, 0) is 36.8 Å². The van der Waals surface area contributed by atoms with E-state index in [0.29, 0.717) is 0 Å².